The summed E-state index contributed by atoms with van der Waals surface area (Å²) in [6.07, 6.45) is 5.18. The van der Waals surface area contributed by atoms with Crippen molar-refractivity contribution in [1.82, 2.24) is 10.3 Å². The first kappa shape index (κ1) is 28.5. The molecule has 5 aromatic rings. The maximum atomic E-state index is 13.5. The Morgan fingerprint density at radius 2 is 1.38 bits per heavy atom. The number of pyridine rings is 1. The molecule has 4 aromatic carbocycles. The van der Waals surface area contributed by atoms with Gasteiger partial charge in [0.1, 0.15) is 12.1 Å². The lowest BCUT2D eigenvalue weighted by Gasteiger charge is -2.37. The van der Waals surface area contributed by atoms with E-state index in [9.17, 15) is 9.59 Å². The largest absolute Gasteiger partial charge is 0.458 e. The number of carbonyl (C=O) groups excluding carboxylic acids is 2. The Balaban J connectivity index is 1.25. The van der Waals surface area contributed by atoms with Crippen LogP contribution in [0.4, 0.5) is 0 Å². The number of nitrogens with two attached hydrogens (primary N) is 1. The Morgan fingerprint density at radius 1 is 0.786 bits per heavy atom. The van der Waals surface area contributed by atoms with Gasteiger partial charge in [-0.2, -0.15) is 0 Å². The van der Waals surface area contributed by atoms with Crippen LogP contribution in [0.3, 0.4) is 0 Å². The second kappa shape index (κ2) is 13.5. The third kappa shape index (κ3) is 6.62. The average Bonchev–Trinajstić information content (AvgIpc) is 3.05. The van der Waals surface area contributed by atoms with Crippen LogP contribution in [0.5, 0.6) is 0 Å². The van der Waals surface area contributed by atoms with E-state index in [2.05, 4.69) is 10.3 Å². The first-order valence-corrected chi connectivity index (χ1v) is 14.0. The Kier molecular flexibility index (Phi) is 9.17. The molecule has 0 unspecified atom stereocenters. The van der Waals surface area contributed by atoms with Gasteiger partial charge in [-0.3, -0.25) is 9.78 Å². The van der Waals surface area contributed by atoms with Gasteiger partial charge in [-0.15, -0.1) is 0 Å². The van der Waals surface area contributed by atoms with Gasteiger partial charge in [0.25, 0.3) is 0 Å². The first-order chi connectivity index (χ1) is 20.6. The highest BCUT2D eigenvalue weighted by atomic mass is 16.5. The summed E-state index contributed by atoms with van der Waals surface area (Å²) < 4.78 is 5.44. The van der Waals surface area contributed by atoms with Crippen LogP contribution in [-0.4, -0.2) is 22.9 Å². The summed E-state index contributed by atoms with van der Waals surface area (Å²) in [7, 11) is 0. The second-order valence-corrected chi connectivity index (χ2v) is 10.1. The number of amides is 1. The van der Waals surface area contributed by atoms with Gasteiger partial charge in [0.2, 0.25) is 5.91 Å². The number of esters is 1. The molecule has 0 aliphatic heterocycles. The molecule has 1 heterocycles. The van der Waals surface area contributed by atoms with E-state index >= 15 is 0 Å². The number of nitrogens with one attached hydrogen (secondary N) is 1. The van der Waals surface area contributed by atoms with Crippen molar-refractivity contribution in [2.45, 2.75) is 31.0 Å². The van der Waals surface area contributed by atoms with Gasteiger partial charge >= 0.3 is 5.97 Å². The number of nitrogens with zero attached hydrogens (tertiary/aromatic N) is 1. The van der Waals surface area contributed by atoms with Gasteiger partial charge in [-0.1, -0.05) is 115 Å². The predicted molar refractivity (Wildman–Crippen MR) is 165 cm³/mol. The summed E-state index contributed by atoms with van der Waals surface area (Å²) in [4.78, 5) is 30.2. The number of benzene rings is 4. The van der Waals surface area contributed by atoms with Crippen molar-refractivity contribution in [3.05, 3.63) is 162 Å². The molecular weight excluding hydrogens is 522 g/mol. The fourth-order valence-electron chi connectivity index (χ4n) is 5.14. The van der Waals surface area contributed by atoms with Crippen LogP contribution in [0.2, 0.25) is 0 Å². The number of hydrogen-bond acceptors (Lipinski definition) is 5. The van der Waals surface area contributed by atoms with Gasteiger partial charge < -0.3 is 15.8 Å². The van der Waals surface area contributed by atoms with E-state index < -0.39 is 17.6 Å². The molecule has 1 amide bonds. The zero-order chi connectivity index (χ0) is 29.2. The van der Waals surface area contributed by atoms with Gasteiger partial charge in [0.15, 0.2) is 0 Å². The minimum atomic E-state index is -0.887. The highest BCUT2D eigenvalue weighted by Gasteiger charge is 2.37. The molecule has 0 saturated carbocycles. The highest BCUT2D eigenvalue weighted by molar-refractivity contribution is 5.84. The SMILES string of the molecule is N[C@H](/C=C/C(=O)OCc1cccc2ncccc12)CCC(=O)NC(c1ccccc1)(c1ccccc1)c1ccccc1. The minimum Gasteiger partial charge on any atom is -0.458 e. The Morgan fingerprint density at radius 3 is 1.98 bits per heavy atom. The van der Waals surface area contributed by atoms with E-state index in [1.54, 1.807) is 12.3 Å². The molecule has 0 radical (unpaired) electrons. The fraction of sp³-hybridized carbons (Fsp3) is 0.139. The van der Waals surface area contributed by atoms with Crippen LogP contribution in [0.25, 0.3) is 10.9 Å². The van der Waals surface area contributed by atoms with E-state index in [1.807, 2.05) is 121 Å². The Labute approximate surface area is 245 Å². The van der Waals surface area contributed by atoms with Crippen LogP contribution < -0.4 is 11.1 Å². The standard InChI is InChI=1S/C36H33N3O3/c37-31(22-24-35(41)42-26-27-12-10-20-33-32(27)19-11-25-38-33)21-23-34(40)39-36(28-13-4-1-5-14-28,29-15-6-2-7-16-29)30-17-8-3-9-18-30/h1-20,22,24-25,31H,21,23,26,37H2,(H,39,40)/b24-22+/t31-/m0/s1. The lowest BCUT2D eigenvalue weighted by atomic mass is 9.77. The molecule has 0 bridgehead atoms. The average molecular weight is 556 g/mol. The molecule has 6 heteroatoms. The monoisotopic (exact) mass is 555 g/mol. The summed E-state index contributed by atoms with van der Waals surface area (Å²) >= 11 is 0. The fourth-order valence-corrected chi connectivity index (χ4v) is 5.14. The zero-order valence-electron chi connectivity index (χ0n) is 23.2. The van der Waals surface area contributed by atoms with Crippen LogP contribution in [0.1, 0.15) is 35.1 Å². The lowest BCUT2D eigenvalue weighted by Crippen LogP contribution is -2.48. The highest BCUT2D eigenvalue weighted by Crippen LogP contribution is 2.36. The molecule has 210 valence electrons. The Bertz CT molecular complexity index is 1550. The van der Waals surface area contributed by atoms with Crippen molar-refractivity contribution in [3.8, 4) is 0 Å². The molecular formula is C36H33N3O3. The molecule has 0 spiro atoms. The molecule has 6 nitrogen and oxygen atoms in total. The topological polar surface area (TPSA) is 94.3 Å². The molecule has 0 aliphatic carbocycles. The molecule has 42 heavy (non-hydrogen) atoms. The molecule has 3 N–H and O–H groups in total. The molecule has 0 fully saturated rings. The quantitative estimate of drug-likeness (QED) is 0.118. The number of carbonyl (C=O) groups is 2. The summed E-state index contributed by atoms with van der Waals surface area (Å²) in [5.41, 5.74) is 9.95. The maximum Gasteiger partial charge on any atom is 0.330 e. The number of ether oxygens (including phenoxy) is 1. The van der Waals surface area contributed by atoms with E-state index in [-0.39, 0.29) is 18.9 Å². The predicted octanol–water partition coefficient (Wildman–Crippen LogP) is 6.05. The van der Waals surface area contributed by atoms with Crippen molar-refractivity contribution < 1.29 is 14.3 Å². The van der Waals surface area contributed by atoms with Crippen molar-refractivity contribution in [2.75, 3.05) is 0 Å². The molecule has 0 aliphatic rings. The van der Waals surface area contributed by atoms with Crippen molar-refractivity contribution >= 4 is 22.8 Å². The van der Waals surface area contributed by atoms with Gasteiger partial charge in [-0.05, 0) is 40.8 Å². The van der Waals surface area contributed by atoms with Crippen LogP contribution in [-0.2, 0) is 26.5 Å². The summed E-state index contributed by atoms with van der Waals surface area (Å²) in [6, 6.07) is 38.9. The van der Waals surface area contributed by atoms with E-state index in [1.165, 1.54) is 6.08 Å². The number of fused-ring (bicyclic) bond motifs is 1. The summed E-state index contributed by atoms with van der Waals surface area (Å²) in [5.74, 6) is -0.644. The van der Waals surface area contributed by atoms with Crippen LogP contribution in [0.15, 0.2) is 140 Å². The minimum absolute atomic E-state index is 0.129. The normalized spacial score (nSPS) is 12.2. The summed E-state index contributed by atoms with van der Waals surface area (Å²) in [5, 5.41) is 4.28. The molecule has 1 aromatic heterocycles. The van der Waals surface area contributed by atoms with E-state index in [4.69, 9.17) is 10.5 Å². The van der Waals surface area contributed by atoms with Crippen molar-refractivity contribution in [2.24, 2.45) is 5.73 Å². The molecule has 0 saturated heterocycles. The Hall–Kier alpha value is -5.07. The third-order valence-corrected chi connectivity index (χ3v) is 7.24. The smallest absolute Gasteiger partial charge is 0.330 e. The van der Waals surface area contributed by atoms with Gasteiger partial charge in [0.05, 0.1) is 5.52 Å². The van der Waals surface area contributed by atoms with Crippen molar-refractivity contribution in [3.63, 3.8) is 0 Å². The molecule has 5 rings (SSSR count). The van der Waals surface area contributed by atoms with Crippen LogP contribution >= 0.6 is 0 Å². The third-order valence-electron chi connectivity index (χ3n) is 7.24. The first-order valence-electron chi connectivity index (χ1n) is 14.0. The van der Waals surface area contributed by atoms with Crippen molar-refractivity contribution in [1.29, 1.82) is 0 Å². The van der Waals surface area contributed by atoms with Gasteiger partial charge in [-0.25, -0.2) is 4.79 Å². The van der Waals surface area contributed by atoms with Crippen LogP contribution in [0, 0.1) is 0 Å². The number of hydrogen-bond donors (Lipinski definition) is 2. The number of rotatable bonds is 11. The maximum absolute atomic E-state index is 13.5. The van der Waals surface area contributed by atoms with E-state index in [0.717, 1.165) is 33.2 Å². The van der Waals surface area contributed by atoms with E-state index in [0.29, 0.717) is 6.42 Å². The summed E-state index contributed by atoms with van der Waals surface area (Å²) in [6.45, 7) is 0.129. The molecule has 1 atom stereocenters. The lowest BCUT2D eigenvalue weighted by molar-refractivity contribution is -0.139. The van der Waals surface area contributed by atoms with Gasteiger partial charge in [0, 0.05) is 30.1 Å². The zero-order valence-corrected chi connectivity index (χ0v) is 23.2. The second-order valence-electron chi connectivity index (χ2n) is 10.1. The number of aromatic nitrogens is 1.